The molecule has 0 heteroatoms. The van der Waals surface area contributed by atoms with E-state index in [2.05, 4.69) is 27.7 Å². The minimum atomic E-state index is 1.33. The first-order chi connectivity index (χ1) is 9.76. The Labute approximate surface area is 129 Å². The van der Waals surface area contributed by atoms with Gasteiger partial charge in [-0.15, -0.1) is 0 Å². The SMILES string of the molecule is CCCCCCCC/C(C)=C(/CCCC)CCCCC. The Morgan fingerprint density at radius 2 is 0.950 bits per heavy atom. The third-order valence-corrected chi connectivity index (χ3v) is 4.42. The second-order valence-corrected chi connectivity index (χ2v) is 6.46. The lowest BCUT2D eigenvalue weighted by atomic mass is 9.94. The molecule has 0 radical (unpaired) electrons. The van der Waals surface area contributed by atoms with Crippen LogP contribution in [0, 0.1) is 0 Å². The number of hydrogen-bond donors (Lipinski definition) is 0. The average Bonchev–Trinajstić information content (AvgIpc) is 2.46. The van der Waals surface area contributed by atoms with E-state index in [-0.39, 0.29) is 0 Å². The normalized spacial score (nSPS) is 12.6. The van der Waals surface area contributed by atoms with Gasteiger partial charge in [0.1, 0.15) is 0 Å². The van der Waals surface area contributed by atoms with Gasteiger partial charge in [-0.25, -0.2) is 0 Å². The molecule has 20 heavy (non-hydrogen) atoms. The molecular weight excluding hydrogens is 240 g/mol. The largest absolute Gasteiger partial charge is 0.0741 e. The van der Waals surface area contributed by atoms with Crippen LogP contribution in [0.15, 0.2) is 11.1 Å². The van der Waals surface area contributed by atoms with Crippen LogP contribution < -0.4 is 0 Å². The van der Waals surface area contributed by atoms with Crippen molar-refractivity contribution in [2.75, 3.05) is 0 Å². The highest BCUT2D eigenvalue weighted by Gasteiger charge is 2.03. The Hall–Kier alpha value is -0.260. The maximum absolute atomic E-state index is 2.41. The zero-order valence-corrected chi connectivity index (χ0v) is 14.9. The average molecular weight is 281 g/mol. The number of hydrogen-bond acceptors (Lipinski definition) is 0. The second kappa shape index (κ2) is 15.1. The Balaban J connectivity index is 3.99. The van der Waals surface area contributed by atoms with E-state index in [1.807, 2.05) is 0 Å². The zero-order chi connectivity index (χ0) is 15.1. The molecular formula is C20H40. The van der Waals surface area contributed by atoms with Crippen LogP contribution in [0.1, 0.15) is 118 Å². The molecule has 0 saturated carbocycles. The van der Waals surface area contributed by atoms with Crippen LogP contribution in [0.3, 0.4) is 0 Å². The third-order valence-electron chi connectivity index (χ3n) is 4.42. The zero-order valence-electron chi connectivity index (χ0n) is 14.9. The monoisotopic (exact) mass is 280 g/mol. The van der Waals surface area contributed by atoms with Gasteiger partial charge in [0.25, 0.3) is 0 Å². The molecule has 0 aliphatic rings. The lowest BCUT2D eigenvalue weighted by Gasteiger charge is -2.12. The molecule has 0 bridgehead atoms. The van der Waals surface area contributed by atoms with E-state index in [4.69, 9.17) is 0 Å². The van der Waals surface area contributed by atoms with Crippen LogP contribution in [0.25, 0.3) is 0 Å². The summed E-state index contributed by atoms with van der Waals surface area (Å²) in [6.07, 6.45) is 19.5. The summed E-state index contributed by atoms with van der Waals surface area (Å²) in [4.78, 5) is 0. The first-order valence-electron chi connectivity index (χ1n) is 9.43. The van der Waals surface area contributed by atoms with Gasteiger partial charge in [0.15, 0.2) is 0 Å². The van der Waals surface area contributed by atoms with Crippen molar-refractivity contribution in [2.24, 2.45) is 0 Å². The minimum absolute atomic E-state index is 1.33. The molecule has 0 atom stereocenters. The van der Waals surface area contributed by atoms with E-state index < -0.39 is 0 Å². The number of unbranched alkanes of at least 4 members (excludes halogenated alkanes) is 8. The smallest absolute Gasteiger partial charge is 0.0318 e. The maximum Gasteiger partial charge on any atom is -0.0318 e. The van der Waals surface area contributed by atoms with Crippen molar-refractivity contribution in [2.45, 2.75) is 118 Å². The Kier molecular flexibility index (Phi) is 14.9. The molecule has 0 aromatic rings. The van der Waals surface area contributed by atoms with Gasteiger partial charge in [0, 0.05) is 0 Å². The lowest BCUT2D eigenvalue weighted by Crippen LogP contribution is -1.92. The van der Waals surface area contributed by atoms with Crippen LogP contribution in [-0.2, 0) is 0 Å². The molecule has 0 aromatic heterocycles. The Morgan fingerprint density at radius 3 is 1.60 bits per heavy atom. The van der Waals surface area contributed by atoms with Gasteiger partial charge in [0.05, 0.1) is 0 Å². The number of allylic oxidation sites excluding steroid dienone is 2. The van der Waals surface area contributed by atoms with E-state index in [0.717, 1.165) is 0 Å². The molecule has 0 aliphatic heterocycles. The summed E-state index contributed by atoms with van der Waals surface area (Å²) in [7, 11) is 0. The molecule has 0 aromatic carbocycles. The summed E-state index contributed by atoms with van der Waals surface area (Å²) in [5.74, 6) is 0. The Bertz CT molecular complexity index is 224. The first kappa shape index (κ1) is 19.7. The summed E-state index contributed by atoms with van der Waals surface area (Å²) in [5, 5.41) is 0. The van der Waals surface area contributed by atoms with Crippen molar-refractivity contribution < 1.29 is 0 Å². The van der Waals surface area contributed by atoms with Crippen molar-refractivity contribution in [1.82, 2.24) is 0 Å². The van der Waals surface area contributed by atoms with Crippen LogP contribution in [0.4, 0.5) is 0 Å². The molecule has 0 heterocycles. The standard InChI is InChI=1S/C20H40/c1-5-8-11-12-13-15-16-19(4)20(17-10-7-3)18-14-9-6-2/h5-18H2,1-4H3/b20-19-. The predicted molar refractivity (Wildman–Crippen MR) is 94.4 cm³/mol. The van der Waals surface area contributed by atoms with Gasteiger partial charge in [0.2, 0.25) is 0 Å². The topological polar surface area (TPSA) is 0 Å². The van der Waals surface area contributed by atoms with Gasteiger partial charge in [-0.3, -0.25) is 0 Å². The van der Waals surface area contributed by atoms with Crippen LogP contribution >= 0.6 is 0 Å². The molecule has 0 aliphatic carbocycles. The lowest BCUT2D eigenvalue weighted by molar-refractivity contribution is 0.601. The fourth-order valence-corrected chi connectivity index (χ4v) is 2.88. The van der Waals surface area contributed by atoms with E-state index in [9.17, 15) is 0 Å². The highest BCUT2D eigenvalue weighted by molar-refractivity contribution is 5.12. The minimum Gasteiger partial charge on any atom is -0.0741 e. The maximum atomic E-state index is 2.41. The fraction of sp³-hybridized carbons (Fsp3) is 0.900. The molecule has 120 valence electrons. The van der Waals surface area contributed by atoms with Crippen molar-refractivity contribution in [3.63, 3.8) is 0 Å². The quantitative estimate of drug-likeness (QED) is 0.225. The molecule has 0 nitrogen and oxygen atoms in total. The molecule has 0 N–H and O–H groups in total. The van der Waals surface area contributed by atoms with Crippen LogP contribution in [0.5, 0.6) is 0 Å². The highest BCUT2D eigenvalue weighted by atomic mass is 14.1. The van der Waals surface area contributed by atoms with E-state index in [0.29, 0.717) is 0 Å². The van der Waals surface area contributed by atoms with Crippen molar-refractivity contribution in [3.05, 3.63) is 11.1 Å². The fourth-order valence-electron chi connectivity index (χ4n) is 2.88. The second-order valence-electron chi connectivity index (χ2n) is 6.46. The number of rotatable bonds is 14. The summed E-state index contributed by atoms with van der Waals surface area (Å²) in [6.45, 7) is 9.32. The third kappa shape index (κ3) is 11.6. The van der Waals surface area contributed by atoms with Gasteiger partial charge < -0.3 is 0 Å². The van der Waals surface area contributed by atoms with Crippen molar-refractivity contribution >= 4 is 0 Å². The van der Waals surface area contributed by atoms with E-state index in [1.165, 1.54) is 89.9 Å². The summed E-state index contributed by atoms with van der Waals surface area (Å²) in [5.41, 5.74) is 3.53. The first-order valence-corrected chi connectivity index (χ1v) is 9.43. The summed E-state index contributed by atoms with van der Waals surface area (Å²) in [6, 6.07) is 0. The van der Waals surface area contributed by atoms with Crippen LogP contribution in [0.2, 0.25) is 0 Å². The van der Waals surface area contributed by atoms with Gasteiger partial charge in [-0.1, -0.05) is 83.3 Å². The van der Waals surface area contributed by atoms with Crippen LogP contribution in [-0.4, -0.2) is 0 Å². The van der Waals surface area contributed by atoms with E-state index in [1.54, 1.807) is 11.1 Å². The molecule has 0 unspecified atom stereocenters. The van der Waals surface area contributed by atoms with Crippen molar-refractivity contribution in [3.8, 4) is 0 Å². The highest BCUT2D eigenvalue weighted by Crippen LogP contribution is 2.23. The van der Waals surface area contributed by atoms with Gasteiger partial charge in [-0.2, -0.15) is 0 Å². The molecule has 0 spiro atoms. The molecule has 0 fully saturated rings. The van der Waals surface area contributed by atoms with Gasteiger partial charge in [-0.05, 0) is 45.4 Å². The van der Waals surface area contributed by atoms with Crippen molar-refractivity contribution in [1.29, 1.82) is 0 Å². The summed E-state index contributed by atoms with van der Waals surface area (Å²) < 4.78 is 0. The predicted octanol–water partition coefficient (Wildman–Crippen LogP) is 7.82. The van der Waals surface area contributed by atoms with Gasteiger partial charge >= 0.3 is 0 Å². The molecule has 0 amide bonds. The Morgan fingerprint density at radius 1 is 0.500 bits per heavy atom. The molecule has 0 rings (SSSR count). The summed E-state index contributed by atoms with van der Waals surface area (Å²) >= 11 is 0. The molecule has 0 saturated heterocycles. The van der Waals surface area contributed by atoms with E-state index >= 15 is 0 Å².